The van der Waals surface area contributed by atoms with Gasteiger partial charge in [0.2, 0.25) is 5.60 Å². The summed E-state index contributed by atoms with van der Waals surface area (Å²) >= 11 is 5.85. The molecule has 0 aliphatic carbocycles. The predicted molar refractivity (Wildman–Crippen MR) is 115 cm³/mol. The number of hydrogen-bond donors (Lipinski definition) is 1. The Hall–Kier alpha value is -2.58. The van der Waals surface area contributed by atoms with Crippen molar-refractivity contribution in [2.24, 2.45) is 0 Å². The highest BCUT2D eigenvalue weighted by atomic mass is 35.5. The maximum atomic E-state index is 13.7. The van der Waals surface area contributed by atoms with Crippen molar-refractivity contribution in [1.29, 1.82) is 0 Å². The van der Waals surface area contributed by atoms with Gasteiger partial charge in [-0.15, -0.1) is 0 Å². The molecule has 0 saturated heterocycles. The summed E-state index contributed by atoms with van der Waals surface area (Å²) in [6, 6.07) is 19.0. The molecule has 0 radical (unpaired) electrons. The minimum Gasteiger partial charge on any atom is -0.457 e. The maximum Gasteiger partial charge on any atom is 0.423 e. The van der Waals surface area contributed by atoms with E-state index in [0.29, 0.717) is 27.6 Å². The van der Waals surface area contributed by atoms with Crippen LogP contribution in [0.3, 0.4) is 0 Å². The lowest BCUT2D eigenvalue weighted by molar-refractivity contribution is -0.283. The van der Waals surface area contributed by atoms with Crippen LogP contribution in [0.15, 0.2) is 72.8 Å². The fraction of sp³-hybridized carbons (Fsp3) is 0.250. The molecule has 0 aliphatic heterocycles. The van der Waals surface area contributed by atoms with Crippen LogP contribution in [0.25, 0.3) is 0 Å². The van der Waals surface area contributed by atoms with Crippen LogP contribution in [0.2, 0.25) is 5.02 Å². The molecule has 3 aromatic rings. The van der Waals surface area contributed by atoms with Crippen LogP contribution in [0.1, 0.15) is 16.7 Å². The van der Waals surface area contributed by atoms with E-state index in [-0.39, 0.29) is 18.8 Å². The summed E-state index contributed by atoms with van der Waals surface area (Å²) in [4.78, 5) is 0. The van der Waals surface area contributed by atoms with Crippen molar-refractivity contribution < 1.29 is 32.5 Å². The molecule has 3 rings (SSSR count). The first-order valence-corrected chi connectivity index (χ1v) is 10.1. The van der Waals surface area contributed by atoms with E-state index < -0.39 is 18.4 Å². The van der Waals surface area contributed by atoms with E-state index >= 15 is 0 Å². The van der Waals surface area contributed by atoms with Crippen LogP contribution >= 0.6 is 11.6 Å². The Morgan fingerprint density at radius 2 is 1.53 bits per heavy atom. The minimum atomic E-state index is -4.92. The number of halogens is 4. The van der Waals surface area contributed by atoms with E-state index in [4.69, 9.17) is 25.8 Å². The minimum absolute atomic E-state index is 0.141. The SMILES string of the molecule is COCc1ccc(C(O)(COCc2cccc(Oc3ccc(Cl)cc3)c2)C(F)(F)F)cc1. The molecule has 8 heteroatoms. The molecule has 0 spiro atoms. The smallest absolute Gasteiger partial charge is 0.423 e. The van der Waals surface area contributed by atoms with Gasteiger partial charge < -0.3 is 19.3 Å². The summed E-state index contributed by atoms with van der Waals surface area (Å²) in [5.74, 6) is 1.06. The molecule has 32 heavy (non-hydrogen) atoms. The zero-order chi connectivity index (χ0) is 23.2. The van der Waals surface area contributed by atoms with Gasteiger partial charge in [-0.3, -0.25) is 0 Å². The van der Waals surface area contributed by atoms with Gasteiger partial charge in [0.15, 0.2) is 0 Å². The fourth-order valence-corrected chi connectivity index (χ4v) is 3.15. The summed E-state index contributed by atoms with van der Waals surface area (Å²) in [7, 11) is 1.49. The molecule has 0 aliphatic rings. The van der Waals surface area contributed by atoms with Crippen LogP contribution in [-0.4, -0.2) is 25.0 Å². The standard InChI is InChI=1S/C24H22ClF3O4/c1-30-14-17-5-7-19(8-6-17)23(29,24(26,27)28)16-31-15-18-3-2-4-22(13-18)32-21-11-9-20(25)10-12-21/h2-13,29H,14-16H2,1H3. The van der Waals surface area contributed by atoms with Crippen LogP contribution in [0.4, 0.5) is 13.2 Å². The summed E-state index contributed by atoms with van der Waals surface area (Å²) in [6.07, 6.45) is -4.92. The summed E-state index contributed by atoms with van der Waals surface area (Å²) in [5.41, 5.74) is -2.16. The lowest BCUT2D eigenvalue weighted by Crippen LogP contribution is -2.46. The van der Waals surface area contributed by atoms with Crippen LogP contribution in [0.5, 0.6) is 11.5 Å². The number of rotatable bonds is 9. The largest absolute Gasteiger partial charge is 0.457 e. The average Bonchev–Trinajstić information content (AvgIpc) is 2.75. The number of alkyl halides is 3. The number of aliphatic hydroxyl groups is 1. The molecule has 0 saturated carbocycles. The van der Waals surface area contributed by atoms with Gasteiger partial charge >= 0.3 is 6.18 Å². The van der Waals surface area contributed by atoms with Crippen molar-refractivity contribution in [3.8, 4) is 11.5 Å². The molecular weight excluding hydrogens is 445 g/mol. The highest BCUT2D eigenvalue weighted by molar-refractivity contribution is 6.30. The molecule has 0 fully saturated rings. The Bertz CT molecular complexity index is 1010. The molecule has 1 atom stereocenters. The molecule has 1 unspecified atom stereocenters. The quantitative estimate of drug-likeness (QED) is 0.405. The van der Waals surface area contributed by atoms with Crippen molar-refractivity contribution in [2.45, 2.75) is 25.0 Å². The van der Waals surface area contributed by atoms with Crippen molar-refractivity contribution in [3.63, 3.8) is 0 Å². The van der Waals surface area contributed by atoms with Crippen LogP contribution in [0, 0.1) is 0 Å². The average molecular weight is 467 g/mol. The van der Waals surface area contributed by atoms with Gasteiger partial charge in [0.1, 0.15) is 11.5 Å². The van der Waals surface area contributed by atoms with E-state index in [1.54, 1.807) is 48.5 Å². The zero-order valence-electron chi connectivity index (χ0n) is 17.2. The van der Waals surface area contributed by atoms with E-state index in [0.717, 1.165) is 0 Å². The van der Waals surface area contributed by atoms with E-state index in [2.05, 4.69) is 0 Å². The first kappa shape index (κ1) is 24.1. The van der Waals surface area contributed by atoms with Gasteiger partial charge in [0.25, 0.3) is 0 Å². The second kappa shape index (κ2) is 10.4. The highest BCUT2D eigenvalue weighted by Gasteiger charge is 2.55. The molecule has 170 valence electrons. The predicted octanol–water partition coefficient (Wildman–Crippen LogP) is 6.25. The Balaban J connectivity index is 1.67. The molecule has 0 heterocycles. The van der Waals surface area contributed by atoms with Gasteiger partial charge in [0.05, 0.1) is 19.8 Å². The third-order valence-corrected chi connectivity index (χ3v) is 4.99. The van der Waals surface area contributed by atoms with Crippen molar-refractivity contribution in [1.82, 2.24) is 0 Å². The van der Waals surface area contributed by atoms with Gasteiger partial charge in [0, 0.05) is 12.1 Å². The zero-order valence-corrected chi connectivity index (χ0v) is 18.0. The van der Waals surface area contributed by atoms with Crippen molar-refractivity contribution >= 4 is 11.6 Å². The third-order valence-electron chi connectivity index (χ3n) is 4.74. The molecule has 0 bridgehead atoms. The van der Waals surface area contributed by atoms with E-state index in [1.165, 1.54) is 31.4 Å². The third kappa shape index (κ3) is 6.01. The molecule has 4 nitrogen and oxygen atoms in total. The molecule has 1 N–H and O–H groups in total. The maximum absolute atomic E-state index is 13.7. The first-order chi connectivity index (χ1) is 15.2. The van der Waals surface area contributed by atoms with Gasteiger partial charge in [-0.25, -0.2) is 0 Å². The monoisotopic (exact) mass is 466 g/mol. The Morgan fingerprint density at radius 3 is 2.16 bits per heavy atom. The number of benzene rings is 3. The Morgan fingerprint density at radius 1 is 0.844 bits per heavy atom. The van der Waals surface area contributed by atoms with Crippen molar-refractivity contribution in [3.05, 3.63) is 94.5 Å². The molecule has 3 aromatic carbocycles. The fourth-order valence-electron chi connectivity index (χ4n) is 3.03. The lowest BCUT2D eigenvalue weighted by atomic mass is 9.93. The van der Waals surface area contributed by atoms with Gasteiger partial charge in [-0.05, 0) is 53.1 Å². The Labute approximate surface area is 189 Å². The lowest BCUT2D eigenvalue weighted by Gasteiger charge is -2.31. The second-order valence-corrected chi connectivity index (χ2v) is 7.62. The van der Waals surface area contributed by atoms with Crippen molar-refractivity contribution in [2.75, 3.05) is 13.7 Å². The second-order valence-electron chi connectivity index (χ2n) is 7.18. The van der Waals surface area contributed by atoms with E-state index in [9.17, 15) is 18.3 Å². The van der Waals surface area contributed by atoms with E-state index in [1.807, 2.05) is 0 Å². The molecule has 0 amide bonds. The first-order valence-electron chi connectivity index (χ1n) is 9.69. The number of methoxy groups -OCH3 is 1. The summed E-state index contributed by atoms with van der Waals surface area (Å²) < 4.78 is 57.1. The van der Waals surface area contributed by atoms with Crippen LogP contribution < -0.4 is 4.74 Å². The number of ether oxygens (including phenoxy) is 3. The molecular formula is C24H22ClF3O4. The van der Waals surface area contributed by atoms with Gasteiger partial charge in [-0.1, -0.05) is 48.0 Å². The molecule has 0 aromatic heterocycles. The van der Waals surface area contributed by atoms with Gasteiger partial charge in [-0.2, -0.15) is 13.2 Å². The summed E-state index contributed by atoms with van der Waals surface area (Å²) in [6.45, 7) is -0.837. The normalized spacial score (nSPS) is 13.6. The van der Waals surface area contributed by atoms with Crippen LogP contribution in [-0.2, 0) is 28.3 Å². The highest BCUT2D eigenvalue weighted by Crippen LogP contribution is 2.39. The topological polar surface area (TPSA) is 47.9 Å². The Kier molecular flexibility index (Phi) is 7.79. The summed E-state index contributed by atoms with van der Waals surface area (Å²) in [5, 5.41) is 11.0. The number of hydrogen-bond acceptors (Lipinski definition) is 4.